The number of hydrogen-bond donors (Lipinski definition) is 1. The van der Waals surface area contributed by atoms with Crippen molar-refractivity contribution in [2.75, 3.05) is 37.6 Å². The number of nitrogens with zero attached hydrogens (tertiary/aromatic N) is 2. The van der Waals surface area contributed by atoms with Crippen molar-refractivity contribution in [1.82, 2.24) is 10.2 Å². The van der Waals surface area contributed by atoms with E-state index in [1.165, 1.54) is 0 Å². The highest BCUT2D eigenvalue weighted by Crippen LogP contribution is 2.30. The van der Waals surface area contributed by atoms with Crippen LogP contribution in [0.25, 0.3) is 0 Å². The smallest absolute Gasteiger partial charge is 0.407 e. The molecule has 1 N–H and O–H groups in total. The highest BCUT2D eigenvalue weighted by atomic mass is 19.1. The van der Waals surface area contributed by atoms with Gasteiger partial charge in [-0.1, -0.05) is 0 Å². The topological polar surface area (TPSA) is 61.9 Å². The van der Waals surface area contributed by atoms with E-state index in [1.807, 2.05) is 32.0 Å². The molecular weight excluding hydrogens is 373 g/mol. The summed E-state index contributed by atoms with van der Waals surface area (Å²) in [6.07, 6.45) is 0.764. The highest BCUT2D eigenvalue weighted by molar-refractivity contribution is 5.95. The molecule has 0 bridgehead atoms. The van der Waals surface area contributed by atoms with Crippen LogP contribution >= 0.6 is 0 Å². The van der Waals surface area contributed by atoms with Crippen molar-refractivity contribution >= 4 is 17.7 Å². The predicted molar refractivity (Wildman–Crippen MR) is 113 cm³/mol. The lowest BCUT2D eigenvalue weighted by Crippen LogP contribution is -2.35. The molecule has 2 rings (SSSR count). The number of alkyl carbamates (subject to hydrolysis) is 1. The van der Waals surface area contributed by atoms with E-state index in [1.54, 1.807) is 25.7 Å². The van der Waals surface area contributed by atoms with Gasteiger partial charge in [0.1, 0.15) is 5.60 Å². The Bertz CT molecular complexity index is 767. The number of halogens is 1. The number of anilines is 1. The van der Waals surface area contributed by atoms with Gasteiger partial charge >= 0.3 is 6.09 Å². The largest absolute Gasteiger partial charge is 0.444 e. The molecular formula is C22H32FN3O3. The van der Waals surface area contributed by atoms with Gasteiger partial charge in [-0.3, -0.25) is 4.79 Å². The lowest BCUT2D eigenvalue weighted by molar-refractivity contribution is 0.0532. The van der Waals surface area contributed by atoms with Crippen LogP contribution in [0.15, 0.2) is 30.1 Å². The molecule has 1 aromatic rings. The number of benzene rings is 1. The molecule has 0 fully saturated rings. The lowest BCUT2D eigenvalue weighted by atomic mass is 10.1. The first kappa shape index (κ1) is 22.7. The van der Waals surface area contributed by atoms with Crippen LogP contribution in [0, 0.1) is 0 Å². The Hall–Kier alpha value is -2.57. The van der Waals surface area contributed by atoms with Crippen LogP contribution in [0.4, 0.5) is 14.9 Å². The molecule has 0 radical (unpaired) electrons. The fraction of sp³-hybridized carbons (Fsp3) is 0.545. The minimum Gasteiger partial charge on any atom is -0.444 e. The van der Waals surface area contributed by atoms with Crippen LogP contribution in [0.2, 0.25) is 0 Å². The van der Waals surface area contributed by atoms with Crippen molar-refractivity contribution in [3.05, 3.63) is 41.2 Å². The van der Waals surface area contributed by atoms with Gasteiger partial charge in [0, 0.05) is 44.0 Å². The summed E-state index contributed by atoms with van der Waals surface area (Å²) in [7, 11) is 0. The first-order chi connectivity index (χ1) is 13.7. The van der Waals surface area contributed by atoms with Crippen molar-refractivity contribution in [2.45, 2.75) is 46.6 Å². The zero-order valence-corrected chi connectivity index (χ0v) is 18.0. The van der Waals surface area contributed by atoms with E-state index in [0.29, 0.717) is 37.1 Å². The quantitative estimate of drug-likeness (QED) is 0.747. The van der Waals surface area contributed by atoms with Gasteiger partial charge in [0.05, 0.1) is 6.33 Å². The molecule has 0 unspecified atom stereocenters. The Morgan fingerprint density at radius 1 is 1.28 bits per heavy atom. The van der Waals surface area contributed by atoms with Gasteiger partial charge in [-0.25, -0.2) is 9.18 Å². The monoisotopic (exact) mass is 405 g/mol. The molecule has 0 aliphatic carbocycles. The maximum Gasteiger partial charge on any atom is 0.407 e. The molecule has 29 heavy (non-hydrogen) atoms. The Morgan fingerprint density at radius 2 is 1.97 bits per heavy atom. The Labute approximate surface area is 172 Å². The molecule has 1 heterocycles. The van der Waals surface area contributed by atoms with Crippen LogP contribution in [0.3, 0.4) is 0 Å². The fourth-order valence-corrected chi connectivity index (χ4v) is 3.33. The van der Waals surface area contributed by atoms with Crippen molar-refractivity contribution in [2.24, 2.45) is 0 Å². The first-order valence-corrected chi connectivity index (χ1v) is 10.1. The molecule has 0 saturated carbocycles. The molecule has 1 aromatic carbocycles. The first-order valence-electron chi connectivity index (χ1n) is 10.1. The number of rotatable bonds is 7. The molecule has 0 saturated heterocycles. The average Bonchev–Trinajstić information content (AvgIpc) is 3.06. The van der Waals surface area contributed by atoms with Gasteiger partial charge < -0.3 is 19.9 Å². The molecule has 0 aromatic heterocycles. The van der Waals surface area contributed by atoms with Crippen LogP contribution in [0.5, 0.6) is 0 Å². The summed E-state index contributed by atoms with van der Waals surface area (Å²) < 4.78 is 18.6. The fourth-order valence-electron chi connectivity index (χ4n) is 3.33. The number of amides is 2. The van der Waals surface area contributed by atoms with Gasteiger partial charge in [-0.2, -0.15) is 0 Å². The second-order valence-electron chi connectivity index (χ2n) is 8.12. The van der Waals surface area contributed by atoms with E-state index in [0.717, 1.165) is 24.2 Å². The summed E-state index contributed by atoms with van der Waals surface area (Å²) >= 11 is 0. The van der Waals surface area contributed by atoms with Gasteiger partial charge in [0.25, 0.3) is 5.91 Å². The summed E-state index contributed by atoms with van der Waals surface area (Å²) in [6.45, 7) is 11.8. The van der Waals surface area contributed by atoms with E-state index < -0.39 is 11.7 Å². The van der Waals surface area contributed by atoms with Gasteiger partial charge in [0.15, 0.2) is 0 Å². The van der Waals surface area contributed by atoms with E-state index in [2.05, 4.69) is 10.2 Å². The molecule has 160 valence electrons. The van der Waals surface area contributed by atoms with E-state index in [4.69, 9.17) is 4.74 Å². The zero-order chi connectivity index (χ0) is 21.6. The third-order valence-corrected chi connectivity index (χ3v) is 4.78. The molecule has 6 nitrogen and oxygen atoms in total. The average molecular weight is 406 g/mol. The maximum atomic E-state index is 13.4. The van der Waals surface area contributed by atoms with Gasteiger partial charge in [-0.15, -0.1) is 0 Å². The van der Waals surface area contributed by atoms with Crippen molar-refractivity contribution in [1.29, 1.82) is 0 Å². The summed E-state index contributed by atoms with van der Waals surface area (Å²) in [5.74, 6) is 0.0298. The molecule has 1 aliphatic heterocycles. The number of fused-ring (bicyclic) bond motifs is 1. The number of carbonyl (C=O) groups excluding carboxylic acids is 2. The third kappa shape index (κ3) is 6.21. The highest BCUT2D eigenvalue weighted by Gasteiger charge is 2.23. The molecule has 0 spiro atoms. The summed E-state index contributed by atoms with van der Waals surface area (Å²) in [5.41, 5.74) is 2.62. The van der Waals surface area contributed by atoms with Gasteiger partial charge in [0.2, 0.25) is 0 Å². The third-order valence-electron chi connectivity index (χ3n) is 4.78. The van der Waals surface area contributed by atoms with Crippen LogP contribution in [-0.2, 0) is 11.2 Å². The number of ether oxygens (including phenoxy) is 1. The van der Waals surface area contributed by atoms with Crippen molar-refractivity contribution in [3.8, 4) is 0 Å². The number of hydrogen-bond acceptors (Lipinski definition) is 4. The van der Waals surface area contributed by atoms with Crippen molar-refractivity contribution in [3.63, 3.8) is 0 Å². The van der Waals surface area contributed by atoms with Crippen LogP contribution in [-0.4, -0.2) is 55.2 Å². The van der Waals surface area contributed by atoms with Crippen molar-refractivity contribution < 1.29 is 18.7 Å². The second kappa shape index (κ2) is 9.76. The van der Waals surface area contributed by atoms with E-state index in [9.17, 15) is 14.0 Å². The Kier molecular flexibility index (Phi) is 7.65. The Morgan fingerprint density at radius 3 is 2.55 bits per heavy atom. The summed E-state index contributed by atoms with van der Waals surface area (Å²) in [4.78, 5) is 28.2. The zero-order valence-electron chi connectivity index (χ0n) is 18.0. The lowest BCUT2D eigenvalue weighted by Gasteiger charge is -2.23. The normalized spacial score (nSPS) is 13.9. The number of carbonyl (C=O) groups is 2. The van der Waals surface area contributed by atoms with Gasteiger partial charge in [-0.05, 0) is 70.4 Å². The minimum atomic E-state index is -0.599. The molecule has 1 aliphatic rings. The standard InChI is InChI=1S/C22H32FN3O3/c1-6-25(7-2)20(27)18-8-9-19-17(12-18)10-11-26(19)15-16(13-23)14-24-21(28)29-22(3,4)5/h8-9,12-13H,6-7,10-11,14-15H2,1-5H3,(H,24,28)/b16-13+. The second-order valence-corrected chi connectivity index (χ2v) is 8.12. The van der Waals surface area contributed by atoms with E-state index >= 15 is 0 Å². The molecule has 0 atom stereocenters. The van der Waals surface area contributed by atoms with Crippen LogP contribution < -0.4 is 10.2 Å². The minimum absolute atomic E-state index is 0.0298. The SMILES string of the molecule is CCN(CC)C(=O)c1ccc2c(c1)CCN2C/C(=C/F)CNC(=O)OC(C)(C)C. The number of nitrogens with one attached hydrogen (secondary N) is 1. The predicted octanol–water partition coefficient (Wildman–Crippen LogP) is 3.91. The molecule has 2 amide bonds. The summed E-state index contributed by atoms with van der Waals surface area (Å²) in [5, 5.41) is 2.59. The molecule has 7 heteroatoms. The summed E-state index contributed by atoms with van der Waals surface area (Å²) in [6, 6.07) is 5.69. The Balaban J connectivity index is 2.01. The van der Waals surface area contributed by atoms with E-state index in [-0.39, 0.29) is 12.5 Å². The van der Waals surface area contributed by atoms with Crippen LogP contribution in [0.1, 0.15) is 50.5 Å². The maximum absolute atomic E-state index is 13.4.